The molecule has 0 radical (unpaired) electrons. The molecule has 2 heterocycles. The van der Waals surface area contributed by atoms with E-state index in [9.17, 15) is 31.6 Å². The summed E-state index contributed by atoms with van der Waals surface area (Å²) in [4.78, 5) is 43.6. The molecule has 0 saturated carbocycles. The van der Waals surface area contributed by atoms with Gasteiger partial charge < -0.3 is 16.0 Å². The van der Waals surface area contributed by atoms with Crippen molar-refractivity contribution in [2.45, 2.75) is 70.0 Å². The van der Waals surface area contributed by atoms with Crippen LogP contribution in [0.2, 0.25) is 0 Å². The highest BCUT2D eigenvalue weighted by Gasteiger charge is 2.31. The number of amides is 3. The molecule has 3 amide bonds. The van der Waals surface area contributed by atoms with Crippen LogP contribution < -0.4 is 16.0 Å². The van der Waals surface area contributed by atoms with Crippen LogP contribution in [0.1, 0.15) is 56.4 Å². The minimum Gasteiger partial charge on any atom is -0.354 e. The standard InChI is InChI=1S/C31H39F2N7O5S/c1-20(2)29-30-35-21(3)38-40(30)19-28(42)34-14-8-16-39(46(44,45)26-13-12-23(32)18-24(26)33)15-7-11-27(41)36-25(31(43)37-29)17-22-9-5-4-6-10-22/h4-6,9-10,12-13,18,20,25,29H,7-8,11,14-17,19H2,1-3H3,(H,34,42)(H,36,41)(H,37,43)/t25-,29+/m1/s1. The minimum absolute atomic E-state index is 0.0525. The van der Waals surface area contributed by atoms with Crippen molar-refractivity contribution in [3.8, 4) is 0 Å². The number of benzene rings is 2. The predicted octanol–water partition coefficient (Wildman–Crippen LogP) is 2.40. The van der Waals surface area contributed by atoms with E-state index < -0.39 is 56.4 Å². The maximum Gasteiger partial charge on any atom is 0.245 e. The van der Waals surface area contributed by atoms with Crippen LogP contribution in [0.5, 0.6) is 0 Å². The molecule has 1 aliphatic rings. The SMILES string of the molecule is Cc1nc2n(n1)CC(=O)NCCCN(S(=O)(=O)c1ccc(F)cc1F)CCCC(=O)N[C@H](Cc1ccccc1)C(=O)N[C@H]2C(C)C. The second-order valence-corrected chi connectivity index (χ2v) is 13.4. The average molecular weight is 660 g/mol. The number of rotatable bonds is 5. The van der Waals surface area contributed by atoms with Crippen molar-refractivity contribution >= 4 is 27.7 Å². The Morgan fingerprint density at radius 3 is 2.39 bits per heavy atom. The van der Waals surface area contributed by atoms with Crippen LogP contribution in [0.4, 0.5) is 8.78 Å². The molecule has 3 N–H and O–H groups in total. The smallest absolute Gasteiger partial charge is 0.245 e. The van der Waals surface area contributed by atoms with Gasteiger partial charge in [-0.15, -0.1) is 0 Å². The summed E-state index contributed by atoms with van der Waals surface area (Å²) in [6.45, 7) is 5.08. The summed E-state index contributed by atoms with van der Waals surface area (Å²) in [5.41, 5.74) is 0.806. The highest BCUT2D eigenvalue weighted by Crippen LogP contribution is 2.23. The van der Waals surface area contributed by atoms with Gasteiger partial charge in [-0.3, -0.25) is 14.4 Å². The molecule has 46 heavy (non-hydrogen) atoms. The van der Waals surface area contributed by atoms with Gasteiger partial charge in [-0.2, -0.15) is 9.40 Å². The Morgan fingerprint density at radius 2 is 1.70 bits per heavy atom. The minimum atomic E-state index is -4.42. The first-order chi connectivity index (χ1) is 21.8. The topological polar surface area (TPSA) is 155 Å². The van der Waals surface area contributed by atoms with Crippen molar-refractivity contribution in [1.29, 1.82) is 0 Å². The molecular weight excluding hydrogens is 620 g/mol. The molecule has 248 valence electrons. The lowest BCUT2D eigenvalue weighted by Gasteiger charge is -2.26. The fourth-order valence-corrected chi connectivity index (χ4v) is 6.76. The molecule has 4 rings (SSSR count). The zero-order chi connectivity index (χ0) is 33.4. The zero-order valence-corrected chi connectivity index (χ0v) is 26.8. The molecule has 0 spiro atoms. The number of sulfonamides is 1. The molecule has 2 aromatic carbocycles. The van der Waals surface area contributed by atoms with Crippen molar-refractivity contribution in [3.05, 3.63) is 77.4 Å². The van der Waals surface area contributed by atoms with Crippen LogP contribution in [0.25, 0.3) is 0 Å². The molecule has 0 aliphatic carbocycles. The number of hydrogen-bond donors (Lipinski definition) is 3. The summed E-state index contributed by atoms with van der Waals surface area (Å²) in [7, 11) is -4.42. The van der Waals surface area contributed by atoms with E-state index >= 15 is 0 Å². The summed E-state index contributed by atoms with van der Waals surface area (Å²) in [6, 6.07) is 9.74. The number of nitrogens with one attached hydrogen (secondary N) is 3. The monoisotopic (exact) mass is 659 g/mol. The first-order valence-corrected chi connectivity index (χ1v) is 16.6. The van der Waals surface area contributed by atoms with Gasteiger partial charge in [-0.1, -0.05) is 44.2 Å². The zero-order valence-electron chi connectivity index (χ0n) is 26.0. The van der Waals surface area contributed by atoms with E-state index in [1.807, 2.05) is 44.2 Å². The lowest BCUT2D eigenvalue weighted by atomic mass is 10.0. The number of carbonyl (C=O) groups excluding carboxylic acids is 3. The maximum absolute atomic E-state index is 14.6. The quantitative estimate of drug-likeness (QED) is 0.380. The van der Waals surface area contributed by atoms with Crippen LogP contribution in [0, 0.1) is 24.5 Å². The van der Waals surface area contributed by atoms with Crippen LogP contribution in [0.15, 0.2) is 53.4 Å². The number of aromatic nitrogens is 3. The van der Waals surface area contributed by atoms with Gasteiger partial charge in [0.05, 0.1) is 6.04 Å². The van der Waals surface area contributed by atoms with E-state index in [1.165, 1.54) is 4.68 Å². The number of halogens is 2. The fourth-order valence-electron chi connectivity index (χ4n) is 5.19. The Kier molecular flexibility index (Phi) is 11.6. The first-order valence-electron chi connectivity index (χ1n) is 15.1. The van der Waals surface area contributed by atoms with Gasteiger partial charge in [-0.05, 0) is 43.4 Å². The van der Waals surface area contributed by atoms with Crippen LogP contribution in [-0.4, -0.2) is 70.9 Å². The molecule has 0 fully saturated rings. The fraction of sp³-hybridized carbons (Fsp3) is 0.452. The second kappa shape index (κ2) is 15.4. The molecule has 0 bridgehead atoms. The third-order valence-electron chi connectivity index (χ3n) is 7.51. The highest BCUT2D eigenvalue weighted by molar-refractivity contribution is 7.89. The van der Waals surface area contributed by atoms with Crippen LogP contribution in [-0.2, 0) is 37.4 Å². The molecule has 1 aliphatic heterocycles. The molecule has 0 unspecified atom stereocenters. The molecule has 1 aromatic heterocycles. The number of nitrogens with zero attached hydrogens (tertiary/aromatic N) is 4. The maximum atomic E-state index is 14.6. The van der Waals surface area contributed by atoms with E-state index in [1.54, 1.807) is 6.92 Å². The third-order valence-corrected chi connectivity index (χ3v) is 9.44. The number of fused-ring (bicyclic) bond motifs is 1. The largest absolute Gasteiger partial charge is 0.354 e. The van der Waals surface area contributed by atoms with Crippen molar-refractivity contribution < 1.29 is 31.6 Å². The number of aryl methyl sites for hydroxylation is 1. The summed E-state index contributed by atoms with van der Waals surface area (Å²) in [5.74, 6) is -2.88. The highest BCUT2D eigenvalue weighted by atomic mass is 32.2. The number of carbonyl (C=O) groups is 3. The Labute approximate surface area is 267 Å². The summed E-state index contributed by atoms with van der Waals surface area (Å²) in [5, 5.41) is 12.9. The van der Waals surface area contributed by atoms with Crippen molar-refractivity contribution in [2.75, 3.05) is 19.6 Å². The molecule has 0 saturated heterocycles. The Bertz CT molecular complexity index is 1650. The molecular formula is C31H39F2N7O5S. The third kappa shape index (κ3) is 8.94. The lowest BCUT2D eigenvalue weighted by molar-refractivity contribution is -0.129. The summed E-state index contributed by atoms with van der Waals surface area (Å²) >= 11 is 0. The van der Waals surface area contributed by atoms with Gasteiger partial charge in [-0.25, -0.2) is 26.9 Å². The molecule has 3 aromatic rings. The van der Waals surface area contributed by atoms with Gasteiger partial charge in [0, 0.05) is 38.5 Å². The van der Waals surface area contributed by atoms with Gasteiger partial charge in [0.15, 0.2) is 5.82 Å². The van der Waals surface area contributed by atoms with Gasteiger partial charge in [0.25, 0.3) is 0 Å². The molecule has 12 nitrogen and oxygen atoms in total. The van der Waals surface area contributed by atoms with E-state index in [0.717, 1.165) is 22.0 Å². The van der Waals surface area contributed by atoms with Crippen LogP contribution >= 0.6 is 0 Å². The predicted molar refractivity (Wildman–Crippen MR) is 165 cm³/mol. The van der Waals surface area contributed by atoms with Gasteiger partial charge >= 0.3 is 0 Å². The average Bonchev–Trinajstić information content (AvgIpc) is 3.35. The van der Waals surface area contributed by atoms with Crippen molar-refractivity contribution in [3.63, 3.8) is 0 Å². The lowest BCUT2D eigenvalue weighted by Crippen LogP contribution is -2.50. The van der Waals surface area contributed by atoms with E-state index in [4.69, 9.17) is 0 Å². The first kappa shape index (κ1) is 34.6. The second-order valence-electron chi connectivity index (χ2n) is 11.5. The molecule has 15 heteroatoms. The van der Waals surface area contributed by atoms with Crippen LogP contribution in [0.3, 0.4) is 0 Å². The van der Waals surface area contributed by atoms with E-state index in [2.05, 4.69) is 26.0 Å². The van der Waals surface area contributed by atoms with Crippen molar-refractivity contribution in [1.82, 2.24) is 35.0 Å². The Hall–Kier alpha value is -4.24. The normalized spacial score (nSPS) is 19.8. The Morgan fingerprint density at radius 1 is 0.978 bits per heavy atom. The van der Waals surface area contributed by atoms with Gasteiger partial charge in [0.1, 0.15) is 34.9 Å². The number of hydrogen-bond acceptors (Lipinski definition) is 7. The molecule has 2 atom stereocenters. The van der Waals surface area contributed by atoms with Gasteiger partial charge in [0.2, 0.25) is 27.7 Å². The van der Waals surface area contributed by atoms with Crippen molar-refractivity contribution in [2.24, 2.45) is 5.92 Å². The summed E-state index contributed by atoms with van der Waals surface area (Å²) in [6.07, 6.45) is 0.278. The Balaban J connectivity index is 1.64. The van der Waals surface area contributed by atoms with E-state index in [-0.39, 0.29) is 57.8 Å². The van der Waals surface area contributed by atoms with E-state index in [0.29, 0.717) is 17.7 Å². The summed E-state index contributed by atoms with van der Waals surface area (Å²) < 4.78 is 57.3.